The number of benzene rings is 1. The molecule has 25 heavy (non-hydrogen) atoms. The quantitative estimate of drug-likeness (QED) is 0.861. The molecule has 0 spiro atoms. The lowest BCUT2D eigenvalue weighted by molar-refractivity contribution is -0.132. The van der Waals surface area contributed by atoms with E-state index in [-0.39, 0.29) is 18.4 Å². The van der Waals surface area contributed by atoms with E-state index < -0.39 is 0 Å². The van der Waals surface area contributed by atoms with Gasteiger partial charge in [-0.25, -0.2) is 0 Å². The first-order valence-corrected chi connectivity index (χ1v) is 9.26. The van der Waals surface area contributed by atoms with Crippen molar-refractivity contribution in [3.8, 4) is 0 Å². The van der Waals surface area contributed by atoms with E-state index >= 15 is 0 Å². The van der Waals surface area contributed by atoms with Crippen LogP contribution in [0.3, 0.4) is 0 Å². The number of nitrogens with zero attached hydrogens (tertiary/aromatic N) is 4. The average Bonchev–Trinajstić information content (AvgIpc) is 3.31. The highest BCUT2D eigenvalue weighted by atomic mass is 16.2. The predicted molar refractivity (Wildman–Crippen MR) is 95.3 cm³/mol. The van der Waals surface area contributed by atoms with E-state index in [4.69, 9.17) is 0 Å². The van der Waals surface area contributed by atoms with Crippen molar-refractivity contribution in [2.75, 3.05) is 26.2 Å². The van der Waals surface area contributed by atoms with Crippen molar-refractivity contribution < 1.29 is 9.59 Å². The summed E-state index contributed by atoms with van der Waals surface area (Å²) in [6.45, 7) is 3.46. The SMILES string of the molecule is O=C(Cn1nc(C(=O)N2CCCC2)c2ccccc21)N1CCCCC1. The van der Waals surface area contributed by atoms with Crippen molar-refractivity contribution in [1.82, 2.24) is 19.6 Å². The molecule has 6 nitrogen and oxygen atoms in total. The first-order valence-electron chi connectivity index (χ1n) is 9.26. The highest BCUT2D eigenvalue weighted by molar-refractivity contribution is 6.05. The Balaban J connectivity index is 1.62. The summed E-state index contributed by atoms with van der Waals surface area (Å²) in [4.78, 5) is 29.2. The monoisotopic (exact) mass is 340 g/mol. The van der Waals surface area contributed by atoms with E-state index in [0.29, 0.717) is 5.69 Å². The fourth-order valence-corrected chi connectivity index (χ4v) is 3.85. The van der Waals surface area contributed by atoms with E-state index in [2.05, 4.69) is 5.10 Å². The van der Waals surface area contributed by atoms with Gasteiger partial charge in [0.15, 0.2) is 5.69 Å². The molecule has 0 saturated carbocycles. The first kappa shape index (κ1) is 16.1. The topological polar surface area (TPSA) is 58.4 Å². The van der Waals surface area contributed by atoms with Crippen molar-refractivity contribution in [3.05, 3.63) is 30.0 Å². The van der Waals surface area contributed by atoms with Gasteiger partial charge in [0.2, 0.25) is 5.91 Å². The lowest BCUT2D eigenvalue weighted by Gasteiger charge is -2.26. The summed E-state index contributed by atoms with van der Waals surface area (Å²) in [5, 5.41) is 5.39. The first-order chi connectivity index (χ1) is 12.2. The fraction of sp³-hybridized carbons (Fsp3) is 0.526. The molecule has 6 heteroatoms. The molecule has 0 radical (unpaired) electrons. The molecule has 0 unspecified atom stereocenters. The van der Waals surface area contributed by atoms with Gasteiger partial charge in [-0.05, 0) is 38.2 Å². The van der Waals surface area contributed by atoms with Crippen LogP contribution in [0.2, 0.25) is 0 Å². The third-order valence-electron chi connectivity index (χ3n) is 5.25. The lowest BCUT2D eigenvalue weighted by Crippen LogP contribution is -2.38. The van der Waals surface area contributed by atoms with Gasteiger partial charge < -0.3 is 9.80 Å². The van der Waals surface area contributed by atoms with Gasteiger partial charge in [0.1, 0.15) is 6.54 Å². The van der Waals surface area contributed by atoms with Crippen LogP contribution in [0.15, 0.2) is 24.3 Å². The number of amides is 2. The minimum absolute atomic E-state index is 0.0159. The van der Waals surface area contributed by atoms with Gasteiger partial charge in [-0.2, -0.15) is 5.10 Å². The van der Waals surface area contributed by atoms with Crippen molar-refractivity contribution in [2.24, 2.45) is 0 Å². The van der Waals surface area contributed by atoms with Crippen molar-refractivity contribution in [1.29, 1.82) is 0 Å². The predicted octanol–water partition coefficient (Wildman–Crippen LogP) is 2.28. The van der Waals surface area contributed by atoms with Gasteiger partial charge in [-0.3, -0.25) is 14.3 Å². The highest BCUT2D eigenvalue weighted by Crippen LogP contribution is 2.22. The van der Waals surface area contributed by atoms with Crippen LogP contribution in [-0.4, -0.2) is 57.6 Å². The van der Waals surface area contributed by atoms with Gasteiger partial charge >= 0.3 is 0 Å². The number of rotatable bonds is 3. The molecule has 1 aromatic heterocycles. The number of piperidine rings is 1. The molecule has 2 amide bonds. The number of hydrogen-bond acceptors (Lipinski definition) is 3. The number of carbonyl (C=O) groups excluding carboxylic acids is 2. The molecule has 2 aliphatic rings. The number of para-hydroxylation sites is 1. The lowest BCUT2D eigenvalue weighted by atomic mass is 10.1. The molecule has 132 valence electrons. The minimum Gasteiger partial charge on any atom is -0.341 e. The molecule has 3 heterocycles. The Morgan fingerprint density at radius 1 is 0.880 bits per heavy atom. The van der Waals surface area contributed by atoms with Gasteiger partial charge in [0.05, 0.1) is 5.52 Å². The summed E-state index contributed by atoms with van der Waals surface area (Å²) in [5.41, 5.74) is 1.33. The Bertz CT molecular complexity index is 786. The van der Waals surface area contributed by atoms with Gasteiger partial charge in [-0.15, -0.1) is 0 Å². The maximum absolute atomic E-state index is 12.8. The number of hydrogen-bond donors (Lipinski definition) is 0. The smallest absolute Gasteiger partial charge is 0.275 e. The van der Waals surface area contributed by atoms with E-state index in [0.717, 1.165) is 62.8 Å². The maximum Gasteiger partial charge on any atom is 0.275 e. The molecule has 0 N–H and O–H groups in total. The minimum atomic E-state index is -0.0159. The Kier molecular flexibility index (Phi) is 4.42. The van der Waals surface area contributed by atoms with Crippen LogP contribution in [0, 0.1) is 0 Å². The number of fused-ring (bicyclic) bond motifs is 1. The van der Waals surface area contributed by atoms with Crippen LogP contribution >= 0.6 is 0 Å². The second kappa shape index (κ2) is 6.86. The largest absolute Gasteiger partial charge is 0.341 e. The fourth-order valence-electron chi connectivity index (χ4n) is 3.85. The summed E-state index contributed by atoms with van der Waals surface area (Å²) >= 11 is 0. The Hall–Kier alpha value is -2.37. The molecule has 2 saturated heterocycles. The molecule has 4 rings (SSSR count). The van der Waals surface area contributed by atoms with Gasteiger partial charge in [0.25, 0.3) is 5.91 Å². The van der Waals surface area contributed by atoms with E-state index in [1.54, 1.807) is 4.68 Å². The standard InChI is InChI=1S/C19H24N4O2/c24-17(21-10-4-1-5-11-21)14-23-16-9-3-2-8-15(16)18(20-23)19(25)22-12-6-7-13-22/h2-3,8-9H,1,4-7,10-14H2. The van der Waals surface area contributed by atoms with Crippen molar-refractivity contribution in [3.63, 3.8) is 0 Å². The molecule has 0 atom stereocenters. The van der Waals surface area contributed by atoms with E-state index in [9.17, 15) is 9.59 Å². The van der Waals surface area contributed by atoms with Crippen LogP contribution in [0.4, 0.5) is 0 Å². The molecular formula is C19H24N4O2. The molecule has 0 aliphatic carbocycles. The third-order valence-corrected chi connectivity index (χ3v) is 5.25. The summed E-state index contributed by atoms with van der Waals surface area (Å²) in [6.07, 6.45) is 5.45. The molecule has 2 aromatic rings. The second-order valence-corrected chi connectivity index (χ2v) is 6.96. The summed E-state index contributed by atoms with van der Waals surface area (Å²) < 4.78 is 1.70. The van der Waals surface area contributed by atoms with Crippen LogP contribution in [-0.2, 0) is 11.3 Å². The zero-order valence-electron chi connectivity index (χ0n) is 14.5. The zero-order chi connectivity index (χ0) is 17.2. The van der Waals surface area contributed by atoms with Crippen LogP contribution in [0.25, 0.3) is 10.9 Å². The Morgan fingerprint density at radius 3 is 2.28 bits per heavy atom. The maximum atomic E-state index is 12.8. The van der Waals surface area contributed by atoms with E-state index in [1.165, 1.54) is 6.42 Å². The van der Waals surface area contributed by atoms with E-state index in [1.807, 2.05) is 34.1 Å². The summed E-state index contributed by atoms with van der Waals surface area (Å²) in [6, 6.07) is 7.71. The molecule has 0 bridgehead atoms. The second-order valence-electron chi connectivity index (χ2n) is 6.96. The molecular weight excluding hydrogens is 316 g/mol. The van der Waals surface area contributed by atoms with Crippen LogP contribution in [0.5, 0.6) is 0 Å². The van der Waals surface area contributed by atoms with Crippen LogP contribution < -0.4 is 0 Å². The normalized spacial score (nSPS) is 18.1. The summed E-state index contributed by atoms with van der Waals surface area (Å²) in [5.74, 6) is 0.0750. The number of likely N-dealkylation sites (tertiary alicyclic amines) is 2. The molecule has 2 fully saturated rings. The zero-order valence-corrected chi connectivity index (χ0v) is 14.5. The molecule has 1 aromatic carbocycles. The Morgan fingerprint density at radius 2 is 1.52 bits per heavy atom. The van der Waals surface area contributed by atoms with Gasteiger partial charge in [-0.1, -0.05) is 18.2 Å². The summed E-state index contributed by atoms with van der Waals surface area (Å²) in [7, 11) is 0. The third kappa shape index (κ3) is 3.13. The van der Waals surface area contributed by atoms with Crippen LogP contribution in [0.1, 0.15) is 42.6 Å². The Labute approximate surface area is 147 Å². The van der Waals surface area contributed by atoms with Crippen molar-refractivity contribution >= 4 is 22.7 Å². The molecule has 2 aliphatic heterocycles. The average molecular weight is 340 g/mol. The number of carbonyl (C=O) groups is 2. The highest BCUT2D eigenvalue weighted by Gasteiger charge is 2.26. The van der Waals surface area contributed by atoms with Gasteiger partial charge in [0, 0.05) is 31.6 Å². The number of aromatic nitrogens is 2. The van der Waals surface area contributed by atoms with Crippen molar-refractivity contribution in [2.45, 2.75) is 38.6 Å².